The van der Waals surface area contributed by atoms with E-state index in [1.807, 2.05) is 0 Å². The normalized spacial score (nSPS) is 11.8. The molecule has 0 atom stereocenters. The molecule has 0 aliphatic rings. The standard InChI is InChI=1S/C14H17BrFN3/c1-14(2,3)18-8-11-7-17-9-19(11)13-6-10(15)4-5-12(13)16/h4-7,9,18H,8H2,1-3H3. The van der Waals surface area contributed by atoms with Crippen molar-refractivity contribution in [1.29, 1.82) is 0 Å². The highest BCUT2D eigenvalue weighted by molar-refractivity contribution is 9.10. The van der Waals surface area contributed by atoms with Gasteiger partial charge < -0.3 is 5.32 Å². The van der Waals surface area contributed by atoms with Crippen molar-refractivity contribution in [3.8, 4) is 5.69 Å². The van der Waals surface area contributed by atoms with Crippen molar-refractivity contribution in [2.45, 2.75) is 32.9 Å². The summed E-state index contributed by atoms with van der Waals surface area (Å²) in [4.78, 5) is 4.11. The molecule has 2 aromatic rings. The van der Waals surface area contributed by atoms with Gasteiger partial charge in [-0.05, 0) is 39.0 Å². The van der Waals surface area contributed by atoms with Crippen LogP contribution in [0.25, 0.3) is 5.69 Å². The van der Waals surface area contributed by atoms with E-state index >= 15 is 0 Å². The zero-order chi connectivity index (χ0) is 14.0. The van der Waals surface area contributed by atoms with Gasteiger partial charge in [-0.15, -0.1) is 0 Å². The first-order valence-corrected chi connectivity index (χ1v) is 6.88. The molecule has 0 bridgehead atoms. The molecule has 5 heteroatoms. The number of hydrogen-bond acceptors (Lipinski definition) is 2. The number of halogens is 2. The average Bonchev–Trinajstić information content (AvgIpc) is 2.77. The Hall–Kier alpha value is -1.20. The molecular formula is C14H17BrFN3. The molecule has 2 rings (SSSR count). The van der Waals surface area contributed by atoms with E-state index in [1.54, 1.807) is 29.2 Å². The number of rotatable bonds is 3. The van der Waals surface area contributed by atoms with Gasteiger partial charge in [-0.3, -0.25) is 4.57 Å². The maximum atomic E-state index is 13.9. The zero-order valence-corrected chi connectivity index (χ0v) is 12.8. The van der Waals surface area contributed by atoms with Crippen LogP contribution in [0.4, 0.5) is 4.39 Å². The van der Waals surface area contributed by atoms with Crippen LogP contribution in [-0.4, -0.2) is 15.1 Å². The summed E-state index contributed by atoms with van der Waals surface area (Å²) >= 11 is 3.36. The predicted octanol–water partition coefficient (Wildman–Crippen LogP) is 3.66. The Bertz CT molecular complexity index is 572. The van der Waals surface area contributed by atoms with Crippen molar-refractivity contribution in [2.24, 2.45) is 0 Å². The fourth-order valence-corrected chi connectivity index (χ4v) is 2.05. The number of nitrogens with zero attached hydrogens (tertiary/aromatic N) is 2. The summed E-state index contributed by atoms with van der Waals surface area (Å²) in [6.07, 6.45) is 3.38. The zero-order valence-electron chi connectivity index (χ0n) is 11.2. The Morgan fingerprint density at radius 1 is 1.37 bits per heavy atom. The lowest BCUT2D eigenvalue weighted by Crippen LogP contribution is -2.35. The molecule has 1 aromatic heterocycles. The molecule has 0 spiro atoms. The molecule has 102 valence electrons. The van der Waals surface area contributed by atoms with E-state index in [9.17, 15) is 4.39 Å². The highest BCUT2D eigenvalue weighted by Gasteiger charge is 2.13. The lowest BCUT2D eigenvalue weighted by Gasteiger charge is -2.21. The summed E-state index contributed by atoms with van der Waals surface area (Å²) in [6.45, 7) is 6.91. The third-order valence-electron chi connectivity index (χ3n) is 2.68. The Labute approximate surface area is 121 Å². The van der Waals surface area contributed by atoms with E-state index in [2.05, 4.69) is 47.0 Å². The minimum absolute atomic E-state index is 0.00488. The summed E-state index contributed by atoms with van der Waals surface area (Å²) in [6, 6.07) is 4.88. The Morgan fingerprint density at radius 3 is 2.79 bits per heavy atom. The average molecular weight is 326 g/mol. The lowest BCUT2D eigenvalue weighted by molar-refractivity contribution is 0.419. The summed E-state index contributed by atoms with van der Waals surface area (Å²) in [5.41, 5.74) is 1.43. The molecule has 0 unspecified atom stereocenters. The Kier molecular flexibility index (Phi) is 4.06. The topological polar surface area (TPSA) is 29.9 Å². The van der Waals surface area contributed by atoms with Crippen molar-refractivity contribution in [1.82, 2.24) is 14.9 Å². The van der Waals surface area contributed by atoms with Crippen molar-refractivity contribution < 1.29 is 4.39 Å². The molecule has 0 fully saturated rings. The quantitative estimate of drug-likeness (QED) is 0.933. The monoisotopic (exact) mass is 325 g/mol. The second-order valence-electron chi connectivity index (χ2n) is 5.45. The molecule has 1 heterocycles. The maximum absolute atomic E-state index is 13.9. The first-order valence-electron chi connectivity index (χ1n) is 6.08. The number of imidazole rings is 1. The summed E-state index contributed by atoms with van der Waals surface area (Å²) < 4.78 is 16.5. The first-order chi connectivity index (χ1) is 8.87. The van der Waals surface area contributed by atoms with Crippen LogP contribution >= 0.6 is 15.9 Å². The fourth-order valence-electron chi connectivity index (χ4n) is 1.70. The van der Waals surface area contributed by atoms with Gasteiger partial charge in [-0.2, -0.15) is 0 Å². The van der Waals surface area contributed by atoms with Crippen LogP contribution in [0.5, 0.6) is 0 Å². The van der Waals surface area contributed by atoms with Crippen LogP contribution in [0, 0.1) is 5.82 Å². The molecule has 0 aliphatic heterocycles. The minimum Gasteiger partial charge on any atom is -0.306 e. The summed E-state index contributed by atoms with van der Waals surface area (Å²) in [5.74, 6) is -0.266. The molecule has 0 saturated heterocycles. The van der Waals surface area contributed by atoms with Gasteiger partial charge in [-0.25, -0.2) is 9.37 Å². The highest BCUT2D eigenvalue weighted by Crippen LogP contribution is 2.21. The molecule has 3 nitrogen and oxygen atoms in total. The molecule has 0 saturated carbocycles. The molecule has 0 radical (unpaired) electrons. The molecular weight excluding hydrogens is 309 g/mol. The van der Waals surface area contributed by atoms with Gasteiger partial charge in [0.2, 0.25) is 0 Å². The number of aromatic nitrogens is 2. The SMILES string of the molecule is CC(C)(C)NCc1cncn1-c1cc(Br)ccc1F. The molecule has 0 amide bonds. The smallest absolute Gasteiger partial charge is 0.147 e. The van der Waals surface area contributed by atoms with Gasteiger partial charge in [0.15, 0.2) is 0 Å². The van der Waals surface area contributed by atoms with Crippen LogP contribution < -0.4 is 5.32 Å². The second kappa shape index (κ2) is 5.43. The first kappa shape index (κ1) is 14.2. The van der Waals surface area contributed by atoms with Gasteiger partial charge in [0, 0.05) is 22.8 Å². The number of benzene rings is 1. The second-order valence-corrected chi connectivity index (χ2v) is 6.37. The van der Waals surface area contributed by atoms with Crippen LogP contribution in [-0.2, 0) is 6.54 Å². The Balaban J connectivity index is 2.31. The number of hydrogen-bond donors (Lipinski definition) is 1. The van der Waals surface area contributed by atoms with E-state index in [1.165, 1.54) is 6.07 Å². The van der Waals surface area contributed by atoms with E-state index in [-0.39, 0.29) is 11.4 Å². The van der Waals surface area contributed by atoms with E-state index < -0.39 is 0 Å². The van der Waals surface area contributed by atoms with Gasteiger partial charge >= 0.3 is 0 Å². The van der Waals surface area contributed by atoms with Crippen molar-refractivity contribution in [3.05, 3.63) is 46.7 Å². The van der Waals surface area contributed by atoms with Crippen LogP contribution in [0.3, 0.4) is 0 Å². The minimum atomic E-state index is -0.266. The molecule has 1 N–H and O–H groups in total. The van der Waals surface area contributed by atoms with Crippen LogP contribution in [0.15, 0.2) is 35.2 Å². The summed E-state index contributed by atoms with van der Waals surface area (Å²) in [7, 11) is 0. The van der Waals surface area contributed by atoms with Gasteiger partial charge in [0.05, 0.1) is 17.7 Å². The summed E-state index contributed by atoms with van der Waals surface area (Å²) in [5, 5.41) is 3.37. The predicted molar refractivity (Wildman–Crippen MR) is 77.8 cm³/mol. The van der Waals surface area contributed by atoms with Gasteiger partial charge in [-0.1, -0.05) is 15.9 Å². The van der Waals surface area contributed by atoms with Gasteiger partial charge in [0.1, 0.15) is 5.82 Å². The number of nitrogens with one attached hydrogen (secondary N) is 1. The maximum Gasteiger partial charge on any atom is 0.147 e. The van der Waals surface area contributed by atoms with Crippen molar-refractivity contribution in [3.63, 3.8) is 0 Å². The largest absolute Gasteiger partial charge is 0.306 e. The lowest BCUT2D eigenvalue weighted by atomic mass is 10.1. The third kappa shape index (κ3) is 3.64. The highest BCUT2D eigenvalue weighted by atomic mass is 79.9. The van der Waals surface area contributed by atoms with Crippen LogP contribution in [0.1, 0.15) is 26.5 Å². The molecule has 1 aromatic carbocycles. The Morgan fingerprint density at radius 2 is 2.11 bits per heavy atom. The van der Waals surface area contributed by atoms with E-state index in [0.29, 0.717) is 12.2 Å². The van der Waals surface area contributed by atoms with E-state index in [4.69, 9.17) is 0 Å². The van der Waals surface area contributed by atoms with Crippen molar-refractivity contribution >= 4 is 15.9 Å². The molecule has 19 heavy (non-hydrogen) atoms. The third-order valence-corrected chi connectivity index (χ3v) is 3.18. The van der Waals surface area contributed by atoms with Crippen LogP contribution in [0.2, 0.25) is 0 Å². The van der Waals surface area contributed by atoms with E-state index in [0.717, 1.165) is 10.2 Å². The van der Waals surface area contributed by atoms with Crippen molar-refractivity contribution in [2.75, 3.05) is 0 Å². The van der Waals surface area contributed by atoms with Gasteiger partial charge in [0.25, 0.3) is 0 Å². The molecule has 0 aliphatic carbocycles. The fraction of sp³-hybridized carbons (Fsp3) is 0.357.